The first-order valence-corrected chi connectivity index (χ1v) is 4.57. The van der Waals surface area contributed by atoms with E-state index in [2.05, 4.69) is 12.2 Å². The van der Waals surface area contributed by atoms with Crippen LogP contribution >= 0.6 is 0 Å². The van der Waals surface area contributed by atoms with Gasteiger partial charge in [0.2, 0.25) is 0 Å². The van der Waals surface area contributed by atoms with Crippen LogP contribution in [-0.4, -0.2) is 20.3 Å². The summed E-state index contributed by atoms with van der Waals surface area (Å²) in [6.07, 6.45) is 2.76. The molecule has 0 fully saturated rings. The Bertz CT molecular complexity index is 233. The third-order valence-corrected chi connectivity index (χ3v) is 1.96. The minimum atomic E-state index is 0.808. The third-order valence-electron chi connectivity index (χ3n) is 1.96. The van der Waals surface area contributed by atoms with Crippen LogP contribution in [0.25, 0.3) is 0 Å². The summed E-state index contributed by atoms with van der Waals surface area (Å²) in [5.74, 6) is 1.03. The van der Waals surface area contributed by atoms with Crippen LogP contribution in [0.15, 0.2) is 16.7 Å². The summed E-state index contributed by atoms with van der Waals surface area (Å²) < 4.78 is 10.2. The van der Waals surface area contributed by atoms with Crippen LogP contribution in [0.5, 0.6) is 0 Å². The maximum Gasteiger partial charge on any atom is 0.120 e. The van der Waals surface area contributed by atoms with Gasteiger partial charge < -0.3 is 14.5 Å². The summed E-state index contributed by atoms with van der Waals surface area (Å²) in [5, 5.41) is 3.29. The molecule has 3 nitrogen and oxygen atoms in total. The van der Waals surface area contributed by atoms with Crippen LogP contribution in [0.4, 0.5) is 0 Å². The highest BCUT2D eigenvalue weighted by molar-refractivity contribution is 5.13. The first-order valence-electron chi connectivity index (χ1n) is 4.57. The summed E-state index contributed by atoms with van der Waals surface area (Å²) in [5.41, 5.74) is 1.21. The molecule has 0 atom stereocenters. The van der Waals surface area contributed by atoms with Crippen molar-refractivity contribution in [3.8, 4) is 0 Å². The molecule has 0 aliphatic carbocycles. The van der Waals surface area contributed by atoms with Crippen molar-refractivity contribution in [1.82, 2.24) is 5.32 Å². The smallest absolute Gasteiger partial charge is 0.120 e. The predicted molar refractivity (Wildman–Crippen MR) is 51.6 cm³/mol. The Kier molecular flexibility index (Phi) is 4.57. The fraction of sp³-hybridized carbons (Fsp3) is 0.600. The van der Waals surface area contributed by atoms with Gasteiger partial charge in [-0.3, -0.25) is 0 Å². The lowest BCUT2D eigenvalue weighted by molar-refractivity contribution is 0.194. The van der Waals surface area contributed by atoms with Crippen molar-refractivity contribution < 1.29 is 9.15 Å². The largest absolute Gasteiger partial charge is 0.468 e. The topological polar surface area (TPSA) is 34.4 Å². The summed E-state index contributed by atoms with van der Waals surface area (Å²) in [6, 6.07) is 1.98. The van der Waals surface area contributed by atoms with Crippen LogP contribution in [0.2, 0.25) is 0 Å². The summed E-state index contributed by atoms with van der Waals surface area (Å²) >= 11 is 0. The number of furan rings is 1. The van der Waals surface area contributed by atoms with Crippen molar-refractivity contribution in [2.75, 3.05) is 20.3 Å². The number of ether oxygens (including phenoxy) is 1. The van der Waals surface area contributed by atoms with Gasteiger partial charge in [-0.15, -0.1) is 0 Å². The SMILES string of the molecule is COCCCNCc1occc1C. The Balaban J connectivity index is 2.10. The highest BCUT2D eigenvalue weighted by Gasteiger charge is 1.99. The van der Waals surface area contributed by atoms with Gasteiger partial charge in [0.25, 0.3) is 0 Å². The highest BCUT2D eigenvalue weighted by Crippen LogP contribution is 2.07. The molecule has 1 aromatic rings. The van der Waals surface area contributed by atoms with Crippen molar-refractivity contribution in [1.29, 1.82) is 0 Å². The quantitative estimate of drug-likeness (QED) is 0.682. The number of methoxy groups -OCH3 is 1. The van der Waals surface area contributed by atoms with E-state index >= 15 is 0 Å². The van der Waals surface area contributed by atoms with E-state index in [-0.39, 0.29) is 0 Å². The molecule has 1 heterocycles. The lowest BCUT2D eigenvalue weighted by atomic mass is 10.3. The molecule has 0 aliphatic heterocycles. The first-order chi connectivity index (χ1) is 6.34. The molecule has 0 aliphatic rings. The van der Waals surface area contributed by atoms with Gasteiger partial charge in [0.05, 0.1) is 12.8 Å². The molecule has 13 heavy (non-hydrogen) atoms. The van der Waals surface area contributed by atoms with Crippen LogP contribution < -0.4 is 5.32 Å². The molecular weight excluding hydrogens is 166 g/mol. The molecule has 0 bridgehead atoms. The van der Waals surface area contributed by atoms with E-state index in [1.807, 2.05) is 6.07 Å². The molecule has 0 spiro atoms. The second kappa shape index (κ2) is 5.78. The average molecular weight is 183 g/mol. The van der Waals surface area contributed by atoms with Crippen molar-refractivity contribution in [2.45, 2.75) is 19.9 Å². The van der Waals surface area contributed by atoms with E-state index < -0.39 is 0 Å². The Labute approximate surface area is 79.1 Å². The molecular formula is C10H17NO2. The Morgan fingerprint density at radius 3 is 3.00 bits per heavy atom. The molecule has 1 aromatic heterocycles. The molecule has 74 valence electrons. The molecule has 3 heteroatoms. The monoisotopic (exact) mass is 183 g/mol. The third kappa shape index (κ3) is 3.61. The summed E-state index contributed by atoms with van der Waals surface area (Å²) in [4.78, 5) is 0. The lowest BCUT2D eigenvalue weighted by Crippen LogP contribution is -2.16. The van der Waals surface area contributed by atoms with Gasteiger partial charge in [0.1, 0.15) is 5.76 Å². The number of hydrogen-bond acceptors (Lipinski definition) is 3. The number of nitrogens with one attached hydrogen (secondary N) is 1. The van der Waals surface area contributed by atoms with E-state index in [4.69, 9.17) is 9.15 Å². The Hall–Kier alpha value is -0.800. The zero-order chi connectivity index (χ0) is 9.52. The van der Waals surface area contributed by atoms with Crippen molar-refractivity contribution in [2.24, 2.45) is 0 Å². The normalized spacial score (nSPS) is 10.6. The van der Waals surface area contributed by atoms with Gasteiger partial charge in [-0.1, -0.05) is 0 Å². The van der Waals surface area contributed by atoms with Crippen LogP contribution in [-0.2, 0) is 11.3 Å². The van der Waals surface area contributed by atoms with E-state index in [0.29, 0.717) is 0 Å². The second-order valence-corrected chi connectivity index (χ2v) is 3.05. The molecule has 0 radical (unpaired) electrons. The van der Waals surface area contributed by atoms with Gasteiger partial charge in [-0.25, -0.2) is 0 Å². The van der Waals surface area contributed by atoms with Gasteiger partial charge >= 0.3 is 0 Å². The van der Waals surface area contributed by atoms with E-state index in [1.54, 1.807) is 13.4 Å². The zero-order valence-electron chi connectivity index (χ0n) is 8.30. The number of aryl methyl sites for hydroxylation is 1. The van der Waals surface area contributed by atoms with Crippen LogP contribution in [0.3, 0.4) is 0 Å². The second-order valence-electron chi connectivity index (χ2n) is 3.05. The van der Waals surface area contributed by atoms with Gasteiger partial charge in [0, 0.05) is 13.7 Å². The highest BCUT2D eigenvalue weighted by atomic mass is 16.5. The minimum Gasteiger partial charge on any atom is -0.468 e. The molecule has 1 rings (SSSR count). The van der Waals surface area contributed by atoms with Gasteiger partial charge in [0.15, 0.2) is 0 Å². The Morgan fingerprint density at radius 1 is 1.54 bits per heavy atom. The molecule has 0 amide bonds. The summed E-state index contributed by atoms with van der Waals surface area (Å²) in [7, 11) is 1.72. The fourth-order valence-electron chi connectivity index (χ4n) is 1.13. The Morgan fingerprint density at radius 2 is 2.38 bits per heavy atom. The number of hydrogen-bond donors (Lipinski definition) is 1. The predicted octanol–water partition coefficient (Wildman–Crippen LogP) is 1.71. The van der Waals surface area contributed by atoms with E-state index in [1.165, 1.54) is 5.56 Å². The fourth-order valence-corrected chi connectivity index (χ4v) is 1.13. The van der Waals surface area contributed by atoms with Crippen LogP contribution in [0.1, 0.15) is 17.7 Å². The zero-order valence-corrected chi connectivity index (χ0v) is 8.30. The van der Waals surface area contributed by atoms with Crippen molar-refractivity contribution in [3.63, 3.8) is 0 Å². The molecule has 0 unspecified atom stereocenters. The summed E-state index contributed by atoms with van der Waals surface area (Å²) in [6.45, 7) is 4.64. The van der Waals surface area contributed by atoms with Gasteiger partial charge in [-0.2, -0.15) is 0 Å². The first kappa shape index (κ1) is 10.3. The average Bonchev–Trinajstić information content (AvgIpc) is 2.52. The molecule has 0 saturated carbocycles. The van der Waals surface area contributed by atoms with E-state index in [0.717, 1.165) is 31.9 Å². The lowest BCUT2D eigenvalue weighted by Gasteiger charge is -2.02. The minimum absolute atomic E-state index is 0.808. The van der Waals surface area contributed by atoms with Crippen molar-refractivity contribution in [3.05, 3.63) is 23.7 Å². The maximum atomic E-state index is 5.28. The standard InChI is InChI=1S/C10H17NO2/c1-9-4-7-13-10(9)8-11-5-3-6-12-2/h4,7,11H,3,5-6,8H2,1-2H3. The maximum absolute atomic E-state index is 5.28. The van der Waals surface area contributed by atoms with Gasteiger partial charge in [-0.05, 0) is 31.5 Å². The molecule has 0 saturated heterocycles. The van der Waals surface area contributed by atoms with E-state index in [9.17, 15) is 0 Å². The number of rotatable bonds is 6. The molecule has 0 aromatic carbocycles. The molecule has 1 N–H and O–H groups in total. The van der Waals surface area contributed by atoms with Crippen molar-refractivity contribution >= 4 is 0 Å². The van der Waals surface area contributed by atoms with Crippen LogP contribution in [0, 0.1) is 6.92 Å².